The summed E-state index contributed by atoms with van der Waals surface area (Å²) >= 11 is 2.60. The van der Waals surface area contributed by atoms with Gasteiger partial charge in [0, 0.05) is 4.88 Å². The van der Waals surface area contributed by atoms with Crippen LogP contribution in [-0.2, 0) is 28.9 Å². The number of aromatic nitrogens is 2. The van der Waals surface area contributed by atoms with Gasteiger partial charge in [0.25, 0.3) is 5.56 Å². The van der Waals surface area contributed by atoms with Crippen LogP contribution in [0.4, 0.5) is 5.00 Å². The molecule has 5 rings (SSSR count). The predicted molar refractivity (Wildman–Crippen MR) is 135 cm³/mol. The summed E-state index contributed by atoms with van der Waals surface area (Å²) in [6.45, 7) is 1.49. The Kier molecular flexibility index (Phi) is 6.71. The Bertz CT molecular complexity index is 1410. The largest absolute Gasteiger partial charge is 0.458 e. The van der Waals surface area contributed by atoms with Crippen molar-refractivity contribution in [2.45, 2.75) is 77.4 Å². The van der Waals surface area contributed by atoms with Crippen LogP contribution >= 0.6 is 22.7 Å². The fraction of sp³-hybridized carbons (Fsp3) is 0.480. The van der Waals surface area contributed by atoms with Gasteiger partial charge < -0.3 is 10.1 Å². The summed E-state index contributed by atoms with van der Waals surface area (Å²) in [6.07, 6.45) is 10.2. The number of nitrogens with zero attached hydrogens (tertiary/aromatic N) is 3. The van der Waals surface area contributed by atoms with E-state index in [0.717, 1.165) is 73.1 Å². The summed E-state index contributed by atoms with van der Waals surface area (Å²) < 4.78 is 6.93. The highest BCUT2D eigenvalue weighted by molar-refractivity contribution is 7.20. The van der Waals surface area contributed by atoms with Gasteiger partial charge in [-0.1, -0.05) is 6.42 Å². The molecule has 0 aromatic carbocycles. The third-order valence-corrected chi connectivity index (χ3v) is 9.17. The second kappa shape index (κ2) is 9.91. The standard InChI is InChI=1S/C25H26N4O4S2/c1-14-20-23(35-21(14)25(32)33-15-7-3-2-4-8-15)27-13-29(24(20)31)12-19(30)28-22-17(11-26)16-9-5-6-10-18(16)34-22/h13,15H,2-10,12H2,1H3,(H,28,30). The number of nitrogens with one attached hydrogen (secondary N) is 1. The van der Waals surface area contributed by atoms with Crippen LogP contribution in [0, 0.1) is 18.3 Å². The van der Waals surface area contributed by atoms with Gasteiger partial charge in [-0.3, -0.25) is 14.2 Å². The number of carbonyl (C=O) groups excluding carboxylic acids is 2. The van der Waals surface area contributed by atoms with Gasteiger partial charge in [-0.2, -0.15) is 5.26 Å². The van der Waals surface area contributed by atoms with E-state index >= 15 is 0 Å². The first-order chi connectivity index (χ1) is 17.0. The number of ether oxygens (including phenoxy) is 1. The molecule has 182 valence electrons. The zero-order valence-corrected chi connectivity index (χ0v) is 21.1. The van der Waals surface area contributed by atoms with E-state index in [0.29, 0.717) is 31.2 Å². The van der Waals surface area contributed by atoms with Gasteiger partial charge in [-0.15, -0.1) is 22.7 Å². The zero-order valence-electron chi connectivity index (χ0n) is 19.5. The van der Waals surface area contributed by atoms with Crippen molar-refractivity contribution >= 4 is 49.8 Å². The molecule has 35 heavy (non-hydrogen) atoms. The van der Waals surface area contributed by atoms with Crippen molar-refractivity contribution in [3.8, 4) is 6.07 Å². The van der Waals surface area contributed by atoms with Crippen molar-refractivity contribution in [1.29, 1.82) is 5.26 Å². The summed E-state index contributed by atoms with van der Waals surface area (Å²) in [5, 5.41) is 13.3. The molecule has 8 nitrogen and oxygen atoms in total. The van der Waals surface area contributed by atoms with Crippen LogP contribution in [0.3, 0.4) is 0 Å². The fourth-order valence-corrected chi connectivity index (χ4v) is 7.23. The van der Waals surface area contributed by atoms with Gasteiger partial charge in [-0.05, 0) is 69.4 Å². The molecule has 3 aromatic rings. The summed E-state index contributed by atoms with van der Waals surface area (Å²) in [5.41, 5.74) is 1.74. The Morgan fingerprint density at radius 2 is 1.97 bits per heavy atom. The van der Waals surface area contributed by atoms with Crippen molar-refractivity contribution < 1.29 is 14.3 Å². The van der Waals surface area contributed by atoms with Gasteiger partial charge in [0.2, 0.25) is 5.91 Å². The predicted octanol–water partition coefficient (Wildman–Crippen LogP) is 4.71. The molecule has 2 aliphatic carbocycles. The Labute approximate surface area is 210 Å². The molecule has 2 aliphatic rings. The zero-order chi connectivity index (χ0) is 24.5. The number of rotatable bonds is 5. The van der Waals surface area contributed by atoms with Crippen molar-refractivity contribution in [3.05, 3.63) is 43.1 Å². The molecule has 1 amide bonds. The second-order valence-corrected chi connectivity index (χ2v) is 11.3. The molecule has 3 heterocycles. The normalized spacial score (nSPS) is 16.0. The van der Waals surface area contributed by atoms with E-state index in [-0.39, 0.29) is 18.2 Å². The van der Waals surface area contributed by atoms with E-state index in [2.05, 4.69) is 16.4 Å². The van der Waals surface area contributed by atoms with Gasteiger partial charge in [0.15, 0.2) is 0 Å². The van der Waals surface area contributed by atoms with Gasteiger partial charge >= 0.3 is 5.97 Å². The molecule has 1 fully saturated rings. The van der Waals surface area contributed by atoms with E-state index in [9.17, 15) is 19.6 Å². The molecule has 0 radical (unpaired) electrons. The quantitative estimate of drug-likeness (QED) is 0.498. The second-order valence-electron chi connectivity index (χ2n) is 9.15. The smallest absolute Gasteiger partial charge is 0.348 e. The van der Waals surface area contributed by atoms with E-state index in [1.165, 1.54) is 28.7 Å². The molecule has 0 bridgehead atoms. The molecule has 10 heteroatoms. The number of esters is 1. The highest BCUT2D eigenvalue weighted by atomic mass is 32.1. The van der Waals surface area contributed by atoms with Crippen LogP contribution in [-0.4, -0.2) is 27.5 Å². The molecular weight excluding hydrogens is 484 g/mol. The number of nitriles is 1. The third kappa shape index (κ3) is 4.62. The summed E-state index contributed by atoms with van der Waals surface area (Å²) in [4.78, 5) is 45.1. The molecule has 1 N–H and O–H groups in total. The molecule has 0 saturated heterocycles. The first-order valence-corrected chi connectivity index (χ1v) is 13.6. The SMILES string of the molecule is Cc1c(C(=O)OC2CCCCC2)sc2ncn(CC(=O)Nc3sc4c(c3C#N)CCCC4)c(=O)c12. The number of fused-ring (bicyclic) bond motifs is 2. The van der Waals surface area contributed by atoms with Gasteiger partial charge in [0.1, 0.15) is 33.4 Å². The number of carbonyl (C=O) groups is 2. The van der Waals surface area contributed by atoms with E-state index in [1.807, 2.05) is 0 Å². The molecule has 3 aromatic heterocycles. The fourth-order valence-electron chi connectivity index (χ4n) is 4.95. The minimum atomic E-state index is -0.410. The van der Waals surface area contributed by atoms with E-state index in [4.69, 9.17) is 4.74 Å². The van der Waals surface area contributed by atoms with Crippen LogP contribution in [0.25, 0.3) is 10.2 Å². The maximum atomic E-state index is 13.2. The van der Waals surface area contributed by atoms with Crippen LogP contribution in [0.2, 0.25) is 0 Å². The van der Waals surface area contributed by atoms with Gasteiger partial charge in [-0.25, -0.2) is 9.78 Å². The van der Waals surface area contributed by atoms with Crippen molar-refractivity contribution in [1.82, 2.24) is 9.55 Å². The molecule has 0 spiro atoms. The third-order valence-electron chi connectivity index (χ3n) is 6.78. The maximum absolute atomic E-state index is 13.2. The maximum Gasteiger partial charge on any atom is 0.348 e. The number of hydrogen-bond acceptors (Lipinski definition) is 8. The number of hydrogen-bond donors (Lipinski definition) is 1. The average Bonchev–Trinajstić information content (AvgIpc) is 3.38. The molecular formula is C25H26N4O4S2. The lowest BCUT2D eigenvalue weighted by molar-refractivity contribution is -0.116. The van der Waals surface area contributed by atoms with Crippen molar-refractivity contribution in [2.24, 2.45) is 0 Å². The molecule has 0 aliphatic heterocycles. The Balaban J connectivity index is 1.35. The summed E-state index contributed by atoms with van der Waals surface area (Å²) in [6, 6.07) is 2.23. The highest BCUT2D eigenvalue weighted by Gasteiger charge is 2.25. The van der Waals surface area contributed by atoms with Crippen LogP contribution in [0.1, 0.15) is 76.2 Å². The molecule has 0 unspecified atom stereocenters. The van der Waals surface area contributed by atoms with Crippen LogP contribution in [0.5, 0.6) is 0 Å². The Morgan fingerprint density at radius 1 is 1.20 bits per heavy atom. The lowest BCUT2D eigenvalue weighted by Crippen LogP contribution is -2.28. The summed E-state index contributed by atoms with van der Waals surface area (Å²) in [7, 11) is 0. The number of amides is 1. The van der Waals surface area contributed by atoms with E-state index in [1.54, 1.807) is 6.92 Å². The number of aryl methyl sites for hydroxylation is 2. The Hall–Kier alpha value is -3.03. The molecule has 0 atom stereocenters. The average molecular weight is 511 g/mol. The topological polar surface area (TPSA) is 114 Å². The minimum absolute atomic E-state index is 0.0737. The Morgan fingerprint density at radius 3 is 2.74 bits per heavy atom. The number of thiophene rings is 2. The first kappa shape index (κ1) is 23.7. The number of anilines is 1. The van der Waals surface area contributed by atoms with Crippen molar-refractivity contribution in [2.75, 3.05) is 5.32 Å². The van der Waals surface area contributed by atoms with Crippen molar-refractivity contribution in [3.63, 3.8) is 0 Å². The van der Waals surface area contributed by atoms with Crippen LogP contribution in [0.15, 0.2) is 11.1 Å². The highest BCUT2D eigenvalue weighted by Crippen LogP contribution is 2.37. The lowest BCUT2D eigenvalue weighted by atomic mass is 9.96. The van der Waals surface area contributed by atoms with Gasteiger partial charge in [0.05, 0.1) is 17.3 Å². The van der Waals surface area contributed by atoms with Crippen LogP contribution < -0.4 is 10.9 Å². The monoisotopic (exact) mass is 510 g/mol. The minimum Gasteiger partial charge on any atom is -0.458 e. The first-order valence-electron chi connectivity index (χ1n) is 12.0. The lowest BCUT2D eigenvalue weighted by Gasteiger charge is -2.21. The van der Waals surface area contributed by atoms with E-state index < -0.39 is 11.9 Å². The molecule has 1 saturated carbocycles. The summed E-state index contributed by atoms with van der Waals surface area (Å²) in [5.74, 6) is -0.806.